The number of carbonyl (C=O) groups is 3. The lowest BCUT2D eigenvalue weighted by molar-refractivity contribution is -0.147. The van der Waals surface area contributed by atoms with Crippen LogP contribution in [0.15, 0.2) is 23.0 Å². The molecule has 1 aromatic carbocycles. The van der Waals surface area contributed by atoms with Gasteiger partial charge in [-0.3, -0.25) is 19.2 Å². The van der Waals surface area contributed by atoms with Crippen LogP contribution >= 0.6 is 0 Å². The standard InChI is InChI=1S/C25H31N3O8/c1-10(2)36-27-9-12-7-15(28(3)4)14-6-11-5-13-8-16(29)19(24(26)34)23(33)25(13,35)22(32)17(11)21(31)18(14)20(12)30/h7,10-11,13,27,30-31,33,35H,5-6,8-9H2,1-4H3,(H2,26,34)/t11-,13+,25+/m1/s1. The second kappa shape index (κ2) is 8.91. The minimum atomic E-state index is -2.58. The van der Waals surface area contributed by atoms with E-state index in [9.17, 15) is 34.8 Å². The summed E-state index contributed by atoms with van der Waals surface area (Å²) in [4.78, 5) is 45.1. The van der Waals surface area contributed by atoms with Crippen molar-refractivity contribution < 1.29 is 39.6 Å². The number of hydrogen-bond acceptors (Lipinski definition) is 10. The van der Waals surface area contributed by atoms with Gasteiger partial charge >= 0.3 is 0 Å². The van der Waals surface area contributed by atoms with Crippen molar-refractivity contribution in [2.45, 2.75) is 51.4 Å². The second-order valence-corrected chi connectivity index (χ2v) is 10.0. The zero-order valence-corrected chi connectivity index (χ0v) is 20.6. The zero-order valence-electron chi connectivity index (χ0n) is 20.6. The first-order valence-electron chi connectivity index (χ1n) is 11.7. The molecule has 0 unspecified atom stereocenters. The fourth-order valence-electron chi connectivity index (χ4n) is 5.54. The van der Waals surface area contributed by atoms with E-state index in [1.165, 1.54) is 0 Å². The van der Waals surface area contributed by atoms with Crippen LogP contribution in [0.1, 0.15) is 43.4 Å². The van der Waals surface area contributed by atoms with Crippen LogP contribution in [0.3, 0.4) is 0 Å². The molecule has 1 fully saturated rings. The third kappa shape index (κ3) is 3.74. The molecule has 11 heteroatoms. The minimum absolute atomic E-state index is 0.0506. The Morgan fingerprint density at radius 1 is 1.25 bits per heavy atom. The fourth-order valence-corrected chi connectivity index (χ4v) is 5.54. The monoisotopic (exact) mass is 501 g/mol. The van der Waals surface area contributed by atoms with Crippen molar-refractivity contribution in [3.05, 3.63) is 39.7 Å². The summed E-state index contributed by atoms with van der Waals surface area (Å²) in [5.74, 6) is -6.47. The summed E-state index contributed by atoms with van der Waals surface area (Å²) in [6, 6.07) is 1.77. The highest BCUT2D eigenvalue weighted by Gasteiger charge is 2.60. The van der Waals surface area contributed by atoms with Crippen LogP contribution in [0.25, 0.3) is 5.76 Å². The van der Waals surface area contributed by atoms with Gasteiger partial charge in [0.1, 0.15) is 22.8 Å². The van der Waals surface area contributed by atoms with Gasteiger partial charge in [0.2, 0.25) is 5.78 Å². The maximum atomic E-state index is 13.6. The van der Waals surface area contributed by atoms with E-state index >= 15 is 0 Å². The van der Waals surface area contributed by atoms with E-state index in [1.54, 1.807) is 6.07 Å². The van der Waals surface area contributed by atoms with Crippen molar-refractivity contribution >= 4 is 28.9 Å². The molecule has 0 spiro atoms. The number of anilines is 1. The molecule has 194 valence electrons. The van der Waals surface area contributed by atoms with Gasteiger partial charge in [0, 0.05) is 49.8 Å². The summed E-state index contributed by atoms with van der Waals surface area (Å²) in [6.45, 7) is 3.78. The number of amides is 1. The molecule has 0 aliphatic heterocycles. The van der Waals surface area contributed by atoms with E-state index in [4.69, 9.17) is 10.6 Å². The average molecular weight is 502 g/mol. The predicted octanol–water partition coefficient (Wildman–Crippen LogP) is 0.920. The molecule has 4 rings (SSSR count). The number of nitrogens with one attached hydrogen (secondary N) is 1. The van der Waals surface area contributed by atoms with Crippen LogP contribution in [0, 0.1) is 11.8 Å². The lowest BCUT2D eigenvalue weighted by Gasteiger charge is -2.46. The number of primary amides is 1. The van der Waals surface area contributed by atoms with Gasteiger partial charge in [0.05, 0.1) is 11.7 Å². The highest BCUT2D eigenvalue weighted by Crippen LogP contribution is 2.53. The first-order chi connectivity index (χ1) is 16.8. The van der Waals surface area contributed by atoms with Crippen molar-refractivity contribution in [3.8, 4) is 5.75 Å². The number of fused-ring (bicyclic) bond motifs is 3. The topological polar surface area (TPSA) is 183 Å². The molecule has 0 bridgehead atoms. The number of rotatable bonds is 6. The third-order valence-corrected chi connectivity index (χ3v) is 7.18. The number of aliphatic hydroxyl groups excluding tert-OH is 2. The lowest BCUT2D eigenvalue weighted by Crippen LogP contribution is -2.58. The van der Waals surface area contributed by atoms with E-state index in [2.05, 4.69) is 5.48 Å². The van der Waals surface area contributed by atoms with Crippen LogP contribution in [0.2, 0.25) is 0 Å². The number of Topliss-reactive ketones (excluding diaryl/α,β-unsaturated/α-hetero) is 2. The Balaban J connectivity index is 1.88. The maximum Gasteiger partial charge on any atom is 0.255 e. The number of ketones is 2. The highest BCUT2D eigenvalue weighted by molar-refractivity contribution is 6.22. The summed E-state index contributed by atoms with van der Waals surface area (Å²) in [5, 5.41) is 44.4. The van der Waals surface area contributed by atoms with Gasteiger partial charge in [-0.25, -0.2) is 0 Å². The lowest BCUT2D eigenvalue weighted by atomic mass is 9.59. The summed E-state index contributed by atoms with van der Waals surface area (Å²) in [7, 11) is 3.62. The molecule has 1 saturated carbocycles. The molecular formula is C25H31N3O8. The van der Waals surface area contributed by atoms with Crippen molar-refractivity contribution in [1.29, 1.82) is 0 Å². The fraction of sp³-hybridized carbons (Fsp3) is 0.480. The Kier molecular flexibility index (Phi) is 6.36. The van der Waals surface area contributed by atoms with E-state index in [1.807, 2.05) is 32.8 Å². The summed E-state index contributed by atoms with van der Waals surface area (Å²) >= 11 is 0. The number of aromatic hydroxyl groups is 1. The number of hydroxylamine groups is 1. The van der Waals surface area contributed by atoms with Crippen molar-refractivity contribution in [2.24, 2.45) is 17.6 Å². The van der Waals surface area contributed by atoms with Gasteiger partial charge in [-0.05, 0) is 44.2 Å². The summed E-state index contributed by atoms with van der Waals surface area (Å²) < 4.78 is 0. The number of nitrogens with zero attached hydrogens (tertiary/aromatic N) is 1. The van der Waals surface area contributed by atoms with E-state index in [-0.39, 0.29) is 48.8 Å². The van der Waals surface area contributed by atoms with Gasteiger partial charge in [-0.15, -0.1) is 0 Å². The number of carbonyl (C=O) groups excluding carboxylic acids is 3. The van der Waals surface area contributed by atoms with Crippen molar-refractivity contribution in [3.63, 3.8) is 0 Å². The number of benzene rings is 1. The average Bonchev–Trinajstić information content (AvgIpc) is 2.77. The molecule has 3 aliphatic rings. The van der Waals surface area contributed by atoms with E-state index < -0.39 is 52.0 Å². The SMILES string of the molecule is CC(C)ONCc1cc(N(C)C)c2c(c1O)C(O)=C1C(=O)[C@]3(O)C(O)=C(C(N)=O)C(=O)C[C@@H]3C[C@@H]1C2. The molecule has 0 radical (unpaired) electrons. The Labute approximate surface area is 207 Å². The van der Waals surface area contributed by atoms with Gasteiger partial charge in [0.25, 0.3) is 5.91 Å². The molecule has 0 saturated heterocycles. The molecule has 1 aromatic rings. The molecule has 3 aliphatic carbocycles. The molecule has 36 heavy (non-hydrogen) atoms. The van der Waals surface area contributed by atoms with Crippen LogP contribution in [-0.4, -0.2) is 63.7 Å². The maximum absolute atomic E-state index is 13.6. The minimum Gasteiger partial charge on any atom is -0.508 e. The number of phenols is 1. The first-order valence-corrected chi connectivity index (χ1v) is 11.7. The van der Waals surface area contributed by atoms with Crippen molar-refractivity contribution in [1.82, 2.24) is 5.48 Å². The van der Waals surface area contributed by atoms with Crippen LogP contribution < -0.4 is 16.1 Å². The molecule has 11 nitrogen and oxygen atoms in total. The van der Waals surface area contributed by atoms with Gasteiger partial charge in [-0.2, -0.15) is 5.48 Å². The molecule has 0 heterocycles. The molecule has 3 atom stereocenters. The normalized spacial score (nSPS) is 25.6. The van der Waals surface area contributed by atoms with Crippen LogP contribution in [0.4, 0.5) is 5.69 Å². The van der Waals surface area contributed by atoms with Gasteiger partial charge in [-0.1, -0.05) is 0 Å². The smallest absolute Gasteiger partial charge is 0.255 e. The Hall–Kier alpha value is -3.41. The van der Waals surface area contributed by atoms with Crippen molar-refractivity contribution in [2.75, 3.05) is 19.0 Å². The largest absolute Gasteiger partial charge is 0.508 e. The molecule has 1 amide bonds. The van der Waals surface area contributed by atoms with E-state index in [0.29, 0.717) is 16.8 Å². The molecule has 0 aromatic heterocycles. The Morgan fingerprint density at radius 2 is 1.92 bits per heavy atom. The summed E-state index contributed by atoms with van der Waals surface area (Å²) in [5.41, 5.74) is 6.19. The zero-order chi connectivity index (χ0) is 26.7. The third-order valence-electron chi connectivity index (χ3n) is 7.18. The second-order valence-electron chi connectivity index (χ2n) is 10.0. The Morgan fingerprint density at radius 3 is 2.50 bits per heavy atom. The Bertz CT molecular complexity index is 1230. The summed E-state index contributed by atoms with van der Waals surface area (Å²) in [6.07, 6.45) is -0.140. The number of hydrogen-bond donors (Lipinski definition) is 6. The molecule has 7 N–H and O–H groups in total. The molecular weight excluding hydrogens is 470 g/mol. The van der Waals surface area contributed by atoms with E-state index in [0.717, 1.165) is 0 Å². The van der Waals surface area contributed by atoms with Crippen LogP contribution in [-0.2, 0) is 32.2 Å². The number of phenolic OH excluding ortho intramolecular Hbond substituents is 1. The highest BCUT2D eigenvalue weighted by atomic mass is 16.7. The predicted molar refractivity (Wildman–Crippen MR) is 129 cm³/mol. The van der Waals surface area contributed by atoms with Crippen LogP contribution in [0.5, 0.6) is 5.75 Å². The number of aliphatic hydroxyl groups is 3. The first kappa shape index (κ1) is 25.7. The van der Waals surface area contributed by atoms with Gasteiger partial charge in [0.15, 0.2) is 11.4 Å². The number of nitrogens with two attached hydrogens (primary N) is 1. The van der Waals surface area contributed by atoms with Gasteiger partial charge < -0.3 is 31.1 Å². The quantitative estimate of drug-likeness (QED) is 0.242.